The number of carbonyl (C=O) groups is 2. The Morgan fingerprint density at radius 3 is 2.06 bits per heavy atom. The fourth-order valence-electron chi connectivity index (χ4n) is 2.72. The summed E-state index contributed by atoms with van der Waals surface area (Å²) in [4.78, 5) is 21.6. The van der Waals surface area contributed by atoms with Gasteiger partial charge in [0.15, 0.2) is 0 Å². The Balaban J connectivity index is 2.59. The fourth-order valence-corrected chi connectivity index (χ4v) is 5.55. The van der Waals surface area contributed by atoms with Gasteiger partial charge in [-0.15, -0.1) is 0 Å². The van der Waals surface area contributed by atoms with Crippen molar-refractivity contribution >= 4 is 11.9 Å². The van der Waals surface area contributed by atoms with Gasteiger partial charge in [-0.25, -0.2) is 0 Å². The first-order chi connectivity index (χ1) is 8.54. The molecule has 0 aromatic carbocycles. The molecule has 0 aromatic heterocycles. The Labute approximate surface area is 115 Å². The summed E-state index contributed by atoms with van der Waals surface area (Å²) in [6, 6.07) is 0. The van der Waals surface area contributed by atoms with Gasteiger partial charge in [0.1, 0.15) is 0 Å². The van der Waals surface area contributed by atoms with E-state index in [4.69, 9.17) is 10.2 Å². The predicted octanol–water partition coefficient (Wildman–Crippen LogP) is 2.03. The molecule has 0 aromatic rings. The molecule has 0 radical (unpaired) electrons. The van der Waals surface area contributed by atoms with Crippen LogP contribution >= 0.6 is 0 Å². The van der Waals surface area contributed by atoms with Crippen molar-refractivity contribution < 1.29 is 37.2 Å². The molecule has 18 heavy (non-hydrogen) atoms. The van der Waals surface area contributed by atoms with Gasteiger partial charge in [-0.2, -0.15) is 0 Å². The molecule has 100 valence electrons. The summed E-state index contributed by atoms with van der Waals surface area (Å²) in [5, 5.41) is 18.0. The van der Waals surface area contributed by atoms with E-state index in [1.807, 2.05) is 0 Å². The second-order valence-corrected chi connectivity index (χ2v) is 8.03. The molecule has 0 bridgehead atoms. The van der Waals surface area contributed by atoms with E-state index in [-0.39, 0.29) is 17.0 Å². The van der Waals surface area contributed by atoms with E-state index in [1.54, 1.807) is 0 Å². The van der Waals surface area contributed by atoms with Crippen molar-refractivity contribution in [3.8, 4) is 0 Å². The summed E-state index contributed by atoms with van der Waals surface area (Å²) < 4.78 is 3.39. The van der Waals surface area contributed by atoms with Gasteiger partial charge in [0.25, 0.3) is 0 Å². The molecule has 0 unspecified atom stereocenters. The number of hydrogen-bond acceptors (Lipinski definition) is 3. The third kappa shape index (κ3) is 5.92. The summed E-state index contributed by atoms with van der Waals surface area (Å²) in [5.41, 5.74) is -0.318. The Hall–Kier alpha value is -0.477. The van der Waals surface area contributed by atoms with Crippen LogP contribution in [0.5, 0.6) is 0 Å². The van der Waals surface area contributed by atoms with Gasteiger partial charge in [0.2, 0.25) is 0 Å². The second-order valence-electron chi connectivity index (χ2n) is 5.19. The van der Waals surface area contributed by atoms with E-state index < -0.39 is 29.3 Å². The Morgan fingerprint density at radius 2 is 1.56 bits per heavy atom. The first kappa shape index (κ1) is 15.6. The van der Waals surface area contributed by atoms with Crippen LogP contribution in [-0.2, 0) is 27.0 Å². The third-order valence-corrected chi connectivity index (χ3v) is 7.16. The van der Waals surface area contributed by atoms with Gasteiger partial charge in [-0.1, -0.05) is 0 Å². The second kappa shape index (κ2) is 7.85. The maximum atomic E-state index is 11.0. The normalized spacial score (nSPS) is 19.3. The van der Waals surface area contributed by atoms with Gasteiger partial charge >= 0.3 is 115 Å². The average molecular weight is 309 g/mol. The molecule has 0 amide bonds. The number of carboxylic acid groups (broad SMARTS) is 2. The van der Waals surface area contributed by atoms with Crippen molar-refractivity contribution in [2.75, 3.05) is 0 Å². The zero-order valence-corrected chi connectivity index (χ0v) is 13.7. The molecule has 5 nitrogen and oxygen atoms in total. The van der Waals surface area contributed by atoms with Crippen LogP contribution in [0.1, 0.15) is 51.4 Å². The van der Waals surface area contributed by atoms with Crippen molar-refractivity contribution in [3.63, 3.8) is 0 Å². The predicted molar refractivity (Wildman–Crippen MR) is 62.9 cm³/mol. The van der Waals surface area contributed by atoms with Gasteiger partial charge in [0.05, 0.1) is 0 Å². The standard InChI is InChI=1S/C10H18NO2.C2H3O2.Zn/c11-10(8-9(12)13)6-4-2-1-3-5-7-10;1-2(3)4;/h11H,1-8H2,(H,12,13);1H2,(H,3,4);/q-1;;+1. The van der Waals surface area contributed by atoms with Gasteiger partial charge in [-0.3, -0.25) is 0 Å². The molecule has 1 aliphatic carbocycles. The molecule has 1 fully saturated rings. The maximum absolute atomic E-state index is 11.0. The molecular weight excluding hydrogens is 288 g/mol. The van der Waals surface area contributed by atoms with Gasteiger partial charge < -0.3 is 0 Å². The summed E-state index contributed by atoms with van der Waals surface area (Å²) >= 11 is -1.36. The van der Waals surface area contributed by atoms with Crippen molar-refractivity contribution in [3.05, 3.63) is 0 Å². The van der Waals surface area contributed by atoms with Crippen LogP contribution in [0, 0.1) is 0 Å². The Morgan fingerprint density at radius 1 is 1.00 bits per heavy atom. The number of nitrogens with one attached hydrogen (secondary N) is 1. The zero-order valence-electron chi connectivity index (χ0n) is 10.8. The average Bonchev–Trinajstić information content (AvgIpc) is 2.22. The van der Waals surface area contributed by atoms with Crippen LogP contribution in [-0.4, -0.2) is 27.7 Å². The number of rotatable bonds is 6. The van der Waals surface area contributed by atoms with Gasteiger partial charge in [-0.05, 0) is 0 Å². The number of aliphatic carboxylic acids is 2. The molecule has 1 aliphatic rings. The van der Waals surface area contributed by atoms with Crippen molar-refractivity contribution in [2.45, 2.75) is 61.9 Å². The SMILES string of the molecule is O=C(O)[CH2][Zn][NH]C1(CC(=O)O)CCCCCCC1. The number of hydrogen-bond donors (Lipinski definition) is 3. The molecule has 0 atom stereocenters. The topological polar surface area (TPSA) is 86.6 Å². The fraction of sp³-hybridized carbons (Fsp3) is 0.833. The van der Waals surface area contributed by atoms with Crippen molar-refractivity contribution in [1.29, 1.82) is 0 Å². The van der Waals surface area contributed by atoms with E-state index in [1.165, 1.54) is 6.42 Å². The van der Waals surface area contributed by atoms with Crippen LogP contribution in [0.25, 0.3) is 0 Å². The van der Waals surface area contributed by atoms with Crippen LogP contribution in [0.4, 0.5) is 0 Å². The monoisotopic (exact) mass is 307 g/mol. The third-order valence-electron chi connectivity index (χ3n) is 3.64. The molecular formula is C12H21NO4Zn. The summed E-state index contributed by atoms with van der Waals surface area (Å²) in [7, 11) is 0. The van der Waals surface area contributed by atoms with Crippen LogP contribution in [0.15, 0.2) is 0 Å². The molecule has 0 heterocycles. The van der Waals surface area contributed by atoms with E-state index >= 15 is 0 Å². The van der Waals surface area contributed by atoms with E-state index in [0.717, 1.165) is 38.5 Å². The summed E-state index contributed by atoms with van der Waals surface area (Å²) in [6.07, 6.45) is 7.56. The minimum absolute atomic E-state index is 0.137. The van der Waals surface area contributed by atoms with Crippen LogP contribution in [0.3, 0.4) is 0 Å². The van der Waals surface area contributed by atoms with Crippen molar-refractivity contribution in [1.82, 2.24) is 4.06 Å². The molecule has 1 saturated carbocycles. The van der Waals surface area contributed by atoms with Gasteiger partial charge in [0, 0.05) is 0 Å². The molecule has 0 aliphatic heterocycles. The summed E-state index contributed by atoms with van der Waals surface area (Å²) in [6.45, 7) is 0. The first-order valence-electron chi connectivity index (χ1n) is 6.73. The quantitative estimate of drug-likeness (QED) is 0.654. The summed E-state index contributed by atoms with van der Waals surface area (Å²) in [5.74, 6) is -1.54. The molecule has 0 spiro atoms. The van der Waals surface area contributed by atoms with E-state index in [2.05, 4.69) is 4.06 Å². The molecule has 6 heteroatoms. The Kier molecular flexibility index (Phi) is 6.79. The van der Waals surface area contributed by atoms with Crippen molar-refractivity contribution in [2.24, 2.45) is 0 Å². The van der Waals surface area contributed by atoms with E-state index in [9.17, 15) is 9.59 Å². The zero-order chi connectivity index (χ0) is 13.4. The minimum atomic E-state index is -1.36. The molecule has 3 N–H and O–H groups in total. The Bertz CT molecular complexity index is 288. The molecule has 1 rings (SSSR count). The van der Waals surface area contributed by atoms with E-state index in [0.29, 0.717) is 0 Å². The van der Waals surface area contributed by atoms with Crippen LogP contribution < -0.4 is 4.06 Å². The first-order valence-corrected chi connectivity index (χ1v) is 10.3. The molecule has 0 saturated heterocycles. The van der Waals surface area contributed by atoms with Crippen LogP contribution in [0.2, 0.25) is 5.02 Å². The number of carboxylic acids is 2.